The highest BCUT2D eigenvalue weighted by atomic mass is 19.4. The molecule has 2 fully saturated rings. The summed E-state index contributed by atoms with van der Waals surface area (Å²) in [4.78, 5) is 14.1. The van der Waals surface area contributed by atoms with Crippen molar-refractivity contribution in [2.45, 2.75) is 44.3 Å². The van der Waals surface area contributed by atoms with E-state index < -0.39 is 12.0 Å². The second kappa shape index (κ2) is 6.40. The quantitative estimate of drug-likeness (QED) is 0.897. The fourth-order valence-electron chi connectivity index (χ4n) is 3.37. The van der Waals surface area contributed by atoms with Gasteiger partial charge in [0.05, 0.1) is 0 Å². The summed E-state index contributed by atoms with van der Waals surface area (Å²) < 4.78 is 39.7. The van der Waals surface area contributed by atoms with Crippen molar-refractivity contribution in [1.82, 2.24) is 25.1 Å². The van der Waals surface area contributed by atoms with Gasteiger partial charge >= 0.3 is 6.18 Å². The molecule has 26 heavy (non-hydrogen) atoms. The van der Waals surface area contributed by atoms with E-state index in [9.17, 15) is 18.0 Å². The lowest BCUT2D eigenvalue weighted by molar-refractivity contribution is -0.146. The van der Waals surface area contributed by atoms with Gasteiger partial charge in [0.1, 0.15) is 5.82 Å². The van der Waals surface area contributed by atoms with Gasteiger partial charge in [-0.2, -0.15) is 17.7 Å². The van der Waals surface area contributed by atoms with Crippen LogP contribution in [0, 0.1) is 5.92 Å². The first-order valence-corrected chi connectivity index (χ1v) is 8.77. The number of amides is 1. The first-order valence-electron chi connectivity index (χ1n) is 8.77. The van der Waals surface area contributed by atoms with Crippen LogP contribution >= 0.6 is 0 Å². The normalized spacial score (nSPS) is 19.6. The number of alkyl halides is 3. The molecule has 1 aliphatic carbocycles. The first kappa shape index (κ1) is 17.0. The monoisotopic (exact) mass is 368 g/mol. The van der Waals surface area contributed by atoms with Crippen molar-refractivity contribution in [2.24, 2.45) is 5.92 Å². The molecule has 0 spiro atoms. The number of aromatic nitrogens is 4. The summed E-state index contributed by atoms with van der Waals surface area (Å²) in [5.41, 5.74) is 0.0517. The molecule has 4 rings (SSSR count). The summed E-state index contributed by atoms with van der Waals surface area (Å²) in [6.45, 7) is 1.15. The third-order valence-electron chi connectivity index (χ3n) is 5.14. The molecule has 1 N–H and O–H groups in total. The lowest BCUT2D eigenvalue weighted by Gasteiger charge is -2.34. The minimum absolute atomic E-state index is 0.0452. The average molecular weight is 368 g/mol. The highest BCUT2D eigenvalue weighted by Crippen LogP contribution is 2.29. The summed E-state index contributed by atoms with van der Waals surface area (Å²) in [5.74, 6) is -0.656. The summed E-state index contributed by atoms with van der Waals surface area (Å²) in [6, 6.07) is 3.43. The van der Waals surface area contributed by atoms with E-state index in [1.54, 1.807) is 6.07 Å². The van der Waals surface area contributed by atoms with Gasteiger partial charge in [0.25, 0.3) is 5.82 Å². The molecule has 3 heterocycles. The van der Waals surface area contributed by atoms with Gasteiger partial charge in [0, 0.05) is 25.0 Å². The molecule has 1 aliphatic heterocycles. The fraction of sp³-hybridized carbons (Fsp3) is 0.625. The zero-order chi connectivity index (χ0) is 18.3. The van der Waals surface area contributed by atoms with E-state index in [1.807, 2.05) is 4.90 Å². The molecule has 0 aromatic carbocycles. The Kier molecular flexibility index (Phi) is 4.20. The Labute approximate surface area is 147 Å². The van der Waals surface area contributed by atoms with Crippen LogP contribution in [0.2, 0.25) is 0 Å². The molecular formula is C16H19F3N6O. The molecular weight excluding hydrogens is 349 g/mol. The predicted molar refractivity (Wildman–Crippen MR) is 86.5 cm³/mol. The van der Waals surface area contributed by atoms with Crippen molar-refractivity contribution >= 4 is 17.4 Å². The molecule has 1 saturated heterocycles. The third-order valence-corrected chi connectivity index (χ3v) is 5.14. The van der Waals surface area contributed by atoms with Crippen molar-refractivity contribution in [2.75, 3.05) is 18.0 Å². The summed E-state index contributed by atoms with van der Waals surface area (Å²) in [6.07, 6.45) is -0.0264. The van der Waals surface area contributed by atoms with Crippen LogP contribution in [0.4, 0.5) is 19.0 Å². The van der Waals surface area contributed by atoms with Crippen molar-refractivity contribution < 1.29 is 18.0 Å². The van der Waals surface area contributed by atoms with Gasteiger partial charge in [0.15, 0.2) is 5.65 Å². The lowest BCUT2D eigenvalue weighted by Crippen LogP contribution is -2.46. The molecule has 7 nitrogen and oxygen atoms in total. The Bertz CT molecular complexity index is 808. The fourth-order valence-corrected chi connectivity index (χ4v) is 3.37. The van der Waals surface area contributed by atoms with Crippen molar-refractivity contribution in [3.05, 3.63) is 18.0 Å². The zero-order valence-corrected chi connectivity index (χ0v) is 14.0. The largest absolute Gasteiger partial charge is 0.453 e. The molecule has 1 amide bonds. The van der Waals surface area contributed by atoms with Gasteiger partial charge in [-0.1, -0.05) is 0 Å². The highest BCUT2D eigenvalue weighted by molar-refractivity contribution is 5.79. The maximum atomic E-state index is 13.0. The molecule has 1 saturated carbocycles. The van der Waals surface area contributed by atoms with E-state index in [1.165, 1.54) is 12.5 Å². The number of carbonyl (C=O) groups excluding carboxylic acids is 1. The van der Waals surface area contributed by atoms with Crippen LogP contribution in [0.3, 0.4) is 0 Å². The molecule has 0 bridgehead atoms. The van der Waals surface area contributed by atoms with Crippen LogP contribution in [-0.4, -0.2) is 44.8 Å². The molecule has 2 aromatic heterocycles. The Morgan fingerprint density at radius 3 is 2.46 bits per heavy atom. The van der Waals surface area contributed by atoms with Gasteiger partial charge < -0.3 is 10.2 Å². The van der Waals surface area contributed by atoms with Crippen LogP contribution in [-0.2, 0) is 11.0 Å². The van der Waals surface area contributed by atoms with Gasteiger partial charge in [-0.3, -0.25) is 4.79 Å². The van der Waals surface area contributed by atoms with E-state index in [2.05, 4.69) is 20.6 Å². The van der Waals surface area contributed by atoms with E-state index in [0.717, 1.165) is 17.4 Å². The molecule has 0 radical (unpaired) electrons. The van der Waals surface area contributed by atoms with Gasteiger partial charge in [-0.25, -0.2) is 0 Å². The zero-order valence-electron chi connectivity index (χ0n) is 14.0. The van der Waals surface area contributed by atoms with Gasteiger partial charge in [-0.15, -0.1) is 15.3 Å². The number of carbonyl (C=O) groups is 1. The van der Waals surface area contributed by atoms with E-state index in [4.69, 9.17) is 0 Å². The lowest BCUT2D eigenvalue weighted by atomic mass is 9.90. The minimum Gasteiger partial charge on any atom is -0.355 e. The van der Waals surface area contributed by atoms with Gasteiger partial charge in [-0.05, 0) is 44.2 Å². The van der Waals surface area contributed by atoms with Crippen LogP contribution in [0.15, 0.2) is 12.1 Å². The molecule has 140 valence electrons. The Hall–Kier alpha value is -2.39. The number of rotatable bonds is 3. The average Bonchev–Trinajstić information content (AvgIpc) is 3.01. The van der Waals surface area contributed by atoms with Crippen molar-refractivity contribution in [1.29, 1.82) is 0 Å². The number of hydrogen-bond donors (Lipinski definition) is 1. The number of fused-ring (bicyclic) bond motifs is 1. The van der Waals surface area contributed by atoms with E-state index in [0.29, 0.717) is 37.8 Å². The number of halogens is 3. The van der Waals surface area contributed by atoms with Crippen LogP contribution < -0.4 is 10.2 Å². The van der Waals surface area contributed by atoms with E-state index in [-0.39, 0.29) is 17.5 Å². The molecule has 2 aliphatic rings. The summed E-state index contributed by atoms with van der Waals surface area (Å²) in [7, 11) is 0. The number of hydrogen-bond acceptors (Lipinski definition) is 5. The summed E-state index contributed by atoms with van der Waals surface area (Å²) >= 11 is 0. The minimum atomic E-state index is -4.61. The SMILES string of the molecule is O=C(NC1CCC1)C1CCN(c2ccc3nnc(C(F)(F)F)n3n2)CC1. The maximum absolute atomic E-state index is 13.0. The van der Waals surface area contributed by atoms with Crippen LogP contribution in [0.5, 0.6) is 0 Å². The van der Waals surface area contributed by atoms with Crippen molar-refractivity contribution in [3.8, 4) is 0 Å². The Morgan fingerprint density at radius 1 is 1.12 bits per heavy atom. The topological polar surface area (TPSA) is 75.4 Å². The Balaban J connectivity index is 1.44. The second-order valence-corrected chi connectivity index (χ2v) is 6.88. The predicted octanol–water partition coefficient (Wildman–Crippen LogP) is 2.03. The maximum Gasteiger partial charge on any atom is 0.453 e. The van der Waals surface area contributed by atoms with Gasteiger partial charge in [0.2, 0.25) is 5.91 Å². The van der Waals surface area contributed by atoms with Crippen LogP contribution in [0.25, 0.3) is 5.65 Å². The third kappa shape index (κ3) is 3.19. The number of anilines is 1. The molecule has 10 heteroatoms. The smallest absolute Gasteiger partial charge is 0.355 e. The first-order chi connectivity index (χ1) is 12.4. The second-order valence-electron chi connectivity index (χ2n) is 6.88. The molecule has 0 unspecified atom stereocenters. The number of nitrogens with one attached hydrogen (secondary N) is 1. The molecule has 0 atom stereocenters. The highest BCUT2D eigenvalue weighted by Gasteiger charge is 2.38. The van der Waals surface area contributed by atoms with Crippen LogP contribution in [0.1, 0.15) is 37.9 Å². The van der Waals surface area contributed by atoms with Crippen molar-refractivity contribution in [3.63, 3.8) is 0 Å². The molecule has 2 aromatic rings. The summed E-state index contributed by atoms with van der Waals surface area (Å²) in [5, 5.41) is 13.8. The van der Waals surface area contributed by atoms with E-state index >= 15 is 0 Å². The standard InChI is InChI=1S/C16H19F3N6O/c17-16(18,19)15-22-21-12-4-5-13(23-25(12)15)24-8-6-10(7-9-24)14(26)20-11-2-1-3-11/h4-5,10-11H,1-3,6-9H2,(H,20,26). The Morgan fingerprint density at radius 2 is 1.85 bits per heavy atom. The number of piperidine rings is 1. The number of nitrogens with zero attached hydrogens (tertiary/aromatic N) is 5.